The van der Waals surface area contributed by atoms with Crippen molar-refractivity contribution in [3.05, 3.63) is 47.0 Å². The number of guanidine groups is 1. The number of hydrogen-bond acceptors (Lipinski definition) is 3. The summed E-state index contributed by atoms with van der Waals surface area (Å²) in [7, 11) is 3.71. The maximum Gasteiger partial charge on any atom is 0.416 e. The normalized spacial score (nSPS) is 11.9. The molecule has 0 aliphatic carbocycles. The molecule has 6 nitrogen and oxygen atoms in total. The standard InChI is InChI=1S/C17H23F3N6.HI/c1-5-21-16(22-10-15-24-23-12(2)26(15)4)25(3)11-13-6-8-14(9-7-13)17(18,19)20;/h6-9H,5,10-11H2,1-4H3,(H,21,22);1H. The Labute approximate surface area is 173 Å². The maximum absolute atomic E-state index is 12.7. The number of aryl methyl sites for hydroxylation is 1. The molecule has 0 saturated heterocycles. The van der Waals surface area contributed by atoms with E-state index in [2.05, 4.69) is 20.5 Å². The minimum Gasteiger partial charge on any atom is -0.357 e. The first-order valence-electron chi connectivity index (χ1n) is 8.22. The molecule has 1 aromatic carbocycles. The second-order valence-electron chi connectivity index (χ2n) is 5.94. The van der Waals surface area contributed by atoms with Gasteiger partial charge in [0.2, 0.25) is 0 Å². The number of hydrogen-bond donors (Lipinski definition) is 1. The lowest BCUT2D eigenvalue weighted by Crippen LogP contribution is -2.38. The zero-order chi connectivity index (χ0) is 19.3. The van der Waals surface area contributed by atoms with E-state index in [1.807, 2.05) is 37.4 Å². The number of alkyl halides is 3. The number of nitrogens with one attached hydrogen (secondary N) is 1. The molecule has 1 heterocycles. The summed E-state index contributed by atoms with van der Waals surface area (Å²) >= 11 is 0. The van der Waals surface area contributed by atoms with Crippen LogP contribution in [0.4, 0.5) is 13.2 Å². The van der Waals surface area contributed by atoms with Gasteiger partial charge in [-0.1, -0.05) is 12.1 Å². The minimum absolute atomic E-state index is 0. The van der Waals surface area contributed by atoms with Crippen molar-refractivity contribution in [2.45, 2.75) is 33.1 Å². The van der Waals surface area contributed by atoms with Crippen molar-refractivity contribution in [3.63, 3.8) is 0 Å². The summed E-state index contributed by atoms with van der Waals surface area (Å²) < 4.78 is 39.8. The van der Waals surface area contributed by atoms with Crippen molar-refractivity contribution in [1.82, 2.24) is 25.0 Å². The smallest absolute Gasteiger partial charge is 0.357 e. The van der Waals surface area contributed by atoms with Gasteiger partial charge in [-0.15, -0.1) is 34.2 Å². The van der Waals surface area contributed by atoms with E-state index in [-0.39, 0.29) is 24.0 Å². The van der Waals surface area contributed by atoms with Crippen molar-refractivity contribution in [1.29, 1.82) is 0 Å². The van der Waals surface area contributed by atoms with Gasteiger partial charge in [-0.2, -0.15) is 13.2 Å². The third-order valence-electron chi connectivity index (χ3n) is 3.95. The van der Waals surface area contributed by atoms with Gasteiger partial charge in [0.15, 0.2) is 11.8 Å². The highest BCUT2D eigenvalue weighted by atomic mass is 127. The van der Waals surface area contributed by atoms with Gasteiger partial charge in [-0.05, 0) is 31.5 Å². The van der Waals surface area contributed by atoms with Crippen LogP contribution in [0.25, 0.3) is 0 Å². The van der Waals surface area contributed by atoms with Gasteiger partial charge in [-0.25, -0.2) is 4.99 Å². The first-order valence-corrected chi connectivity index (χ1v) is 8.22. The summed E-state index contributed by atoms with van der Waals surface area (Å²) in [5, 5.41) is 11.2. The SMILES string of the molecule is CCNC(=NCc1nnc(C)n1C)N(C)Cc1ccc(C(F)(F)F)cc1.I. The molecule has 0 bridgehead atoms. The predicted octanol–water partition coefficient (Wildman–Crippen LogP) is 3.36. The molecule has 2 aromatic rings. The third-order valence-corrected chi connectivity index (χ3v) is 3.95. The molecule has 0 radical (unpaired) electrons. The lowest BCUT2D eigenvalue weighted by atomic mass is 10.1. The Morgan fingerprint density at radius 3 is 2.33 bits per heavy atom. The van der Waals surface area contributed by atoms with Crippen molar-refractivity contribution in [2.24, 2.45) is 12.0 Å². The van der Waals surface area contributed by atoms with Crippen molar-refractivity contribution in [3.8, 4) is 0 Å². The number of aromatic nitrogens is 3. The lowest BCUT2D eigenvalue weighted by Gasteiger charge is -2.22. The molecule has 1 N–H and O–H groups in total. The fourth-order valence-electron chi connectivity index (χ4n) is 2.35. The van der Waals surface area contributed by atoms with Crippen LogP contribution in [0.15, 0.2) is 29.3 Å². The molecule has 0 amide bonds. The molecular weight excluding hydrogens is 472 g/mol. The Kier molecular flexibility index (Phi) is 8.51. The number of benzene rings is 1. The van der Waals surface area contributed by atoms with E-state index in [1.54, 1.807) is 0 Å². The molecular formula is C17H24F3IN6. The summed E-state index contributed by atoms with van der Waals surface area (Å²) in [5.74, 6) is 2.19. The molecule has 0 fully saturated rings. The molecule has 0 unspecified atom stereocenters. The lowest BCUT2D eigenvalue weighted by molar-refractivity contribution is -0.137. The molecule has 27 heavy (non-hydrogen) atoms. The Bertz CT molecular complexity index is 755. The Balaban J connectivity index is 0.00000364. The van der Waals surface area contributed by atoms with Crippen LogP contribution in [0.5, 0.6) is 0 Å². The van der Waals surface area contributed by atoms with Crippen LogP contribution >= 0.6 is 24.0 Å². The van der Waals surface area contributed by atoms with Crippen LogP contribution in [0.2, 0.25) is 0 Å². The van der Waals surface area contributed by atoms with Crippen molar-refractivity contribution in [2.75, 3.05) is 13.6 Å². The van der Waals surface area contributed by atoms with Gasteiger partial charge in [-0.3, -0.25) is 0 Å². The second kappa shape index (κ2) is 9.90. The molecule has 0 aliphatic heterocycles. The van der Waals surface area contributed by atoms with E-state index in [1.165, 1.54) is 12.1 Å². The highest BCUT2D eigenvalue weighted by Gasteiger charge is 2.29. The summed E-state index contributed by atoms with van der Waals surface area (Å²) in [6, 6.07) is 5.15. The quantitative estimate of drug-likeness (QED) is 0.392. The van der Waals surface area contributed by atoms with Gasteiger partial charge in [0.05, 0.1) is 5.56 Å². The van der Waals surface area contributed by atoms with Gasteiger partial charge in [0.25, 0.3) is 0 Å². The van der Waals surface area contributed by atoms with Crippen LogP contribution in [0, 0.1) is 6.92 Å². The van der Waals surface area contributed by atoms with Gasteiger partial charge in [0.1, 0.15) is 12.4 Å². The average Bonchev–Trinajstić information content (AvgIpc) is 2.90. The van der Waals surface area contributed by atoms with Crippen molar-refractivity contribution < 1.29 is 13.2 Å². The molecule has 10 heteroatoms. The zero-order valence-electron chi connectivity index (χ0n) is 15.7. The fraction of sp³-hybridized carbons (Fsp3) is 0.471. The van der Waals surface area contributed by atoms with Gasteiger partial charge in [0, 0.05) is 27.2 Å². The third kappa shape index (κ3) is 6.36. The second-order valence-corrected chi connectivity index (χ2v) is 5.94. The van der Waals surface area contributed by atoms with Crippen molar-refractivity contribution >= 4 is 29.9 Å². The zero-order valence-corrected chi connectivity index (χ0v) is 18.0. The molecule has 2 rings (SSSR count). The Hall–Kier alpha value is -1.85. The van der Waals surface area contributed by atoms with E-state index in [0.29, 0.717) is 25.6 Å². The topological polar surface area (TPSA) is 58.3 Å². The molecule has 0 spiro atoms. The highest BCUT2D eigenvalue weighted by Crippen LogP contribution is 2.29. The fourth-order valence-corrected chi connectivity index (χ4v) is 2.35. The van der Waals surface area contributed by atoms with E-state index in [9.17, 15) is 13.2 Å². The minimum atomic E-state index is -4.32. The summed E-state index contributed by atoms with van der Waals surface area (Å²) in [4.78, 5) is 6.40. The summed E-state index contributed by atoms with van der Waals surface area (Å²) in [6.07, 6.45) is -4.32. The summed E-state index contributed by atoms with van der Waals surface area (Å²) in [6.45, 7) is 5.28. The molecule has 150 valence electrons. The largest absolute Gasteiger partial charge is 0.416 e. The van der Waals surface area contributed by atoms with E-state index in [0.717, 1.165) is 29.3 Å². The monoisotopic (exact) mass is 496 g/mol. The predicted molar refractivity (Wildman–Crippen MR) is 109 cm³/mol. The van der Waals surface area contributed by atoms with Crippen LogP contribution in [-0.2, 0) is 26.3 Å². The number of aliphatic imine (C=N–C) groups is 1. The molecule has 0 saturated carbocycles. The van der Waals surface area contributed by atoms with Crippen LogP contribution in [-0.4, -0.2) is 39.2 Å². The molecule has 0 atom stereocenters. The average molecular weight is 496 g/mol. The number of rotatable bonds is 5. The van der Waals surface area contributed by atoms with E-state index < -0.39 is 11.7 Å². The van der Waals surface area contributed by atoms with Crippen LogP contribution in [0.1, 0.15) is 29.7 Å². The number of nitrogens with zero attached hydrogens (tertiary/aromatic N) is 5. The summed E-state index contributed by atoms with van der Waals surface area (Å²) in [5.41, 5.74) is 0.114. The van der Waals surface area contributed by atoms with Crippen LogP contribution < -0.4 is 5.32 Å². The highest BCUT2D eigenvalue weighted by molar-refractivity contribution is 14.0. The Morgan fingerprint density at radius 2 is 1.85 bits per heavy atom. The first-order chi connectivity index (χ1) is 12.2. The Morgan fingerprint density at radius 1 is 1.22 bits per heavy atom. The van der Waals surface area contributed by atoms with Gasteiger partial charge < -0.3 is 14.8 Å². The van der Waals surface area contributed by atoms with E-state index >= 15 is 0 Å². The molecule has 1 aromatic heterocycles. The van der Waals surface area contributed by atoms with Crippen LogP contribution in [0.3, 0.4) is 0 Å². The number of halogens is 4. The van der Waals surface area contributed by atoms with E-state index in [4.69, 9.17) is 0 Å². The van der Waals surface area contributed by atoms with Gasteiger partial charge >= 0.3 is 6.18 Å². The first kappa shape index (κ1) is 23.2. The maximum atomic E-state index is 12.7. The molecule has 0 aliphatic rings.